The van der Waals surface area contributed by atoms with Crippen molar-refractivity contribution in [1.29, 1.82) is 5.26 Å². The number of hydrogen-bond acceptors (Lipinski definition) is 7. The Hall–Kier alpha value is -3.93. The minimum Gasteiger partial charge on any atom is -0.451 e. The minimum absolute atomic E-state index is 0.0175. The molecule has 3 aromatic carbocycles. The van der Waals surface area contributed by atoms with E-state index in [1.165, 1.54) is 17.7 Å². The first-order valence-electron chi connectivity index (χ1n) is 16.7. The lowest BCUT2D eigenvalue weighted by Crippen LogP contribution is -2.44. The van der Waals surface area contributed by atoms with Crippen LogP contribution in [0.3, 0.4) is 0 Å². The van der Waals surface area contributed by atoms with Crippen molar-refractivity contribution >= 4 is 17.8 Å². The molecule has 2 atom stereocenters. The molecule has 2 heterocycles. The summed E-state index contributed by atoms with van der Waals surface area (Å²) in [6.45, 7) is 8.58. The van der Waals surface area contributed by atoms with Crippen LogP contribution in [0.1, 0.15) is 81.9 Å². The number of aromatic nitrogens is 2. The lowest BCUT2D eigenvalue weighted by Gasteiger charge is -2.35. The summed E-state index contributed by atoms with van der Waals surface area (Å²) in [5, 5.41) is 9.53. The van der Waals surface area contributed by atoms with Crippen molar-refractivity contribution in [2.24, 2.45) is 5.41 Å². The monoisotopic (exact) mass is 647 g/mol. The second-order valence-corrected chi connectivity index (χ2v) is 16.4. The molecule has 6 nitrogen and oxygen atoms in total. The van der Waals surface area contributed by atoms with Crippen LogP contribution in [0.5, 0.6) is 11.5 Å². The van der Waals surface area contributed by atoms with Crippen LogP contribution < -0.4 is 14.4 Å². The summed E-state index contributed by atoms with van der Waals surface area (Å²) in [5.41, 5.74) is 4.82. The molecule has 2 aliphatic carbocycles. The van der Waals surface area contributed by atoms with Gasteiger partial charge in [-0.15, -0.1) is 0 Å². The van der Waals surface area contributed by atoms with Crippen molar-refractivity contribution in [3.8, 4) is 28.7 Å². The number of nitrogens with zero attached hydrogens (tertiary/aromatic N) is 4. The third-order valence-electron chi connectivity index (χ3n) is 9.85. The summed E-state index contributed by atoms with van der Waals surface area (Å²) in [7, 11) is 0. The van der Waals surface area contributed by atoms with Gasteiger partial charge >= 0.3 is 0 Å². The van der Waals surface area contributed by atoms with E-state index >= 15 is 0 Å². The zero-order valence-corrected chi connectivity index (χ0v) is 28.2. The summed E-state index contributed by atoms with van der Waals surface area (Å²) in [6.07, 6.45) is 10.9. The standard InChI is InChI=1S/C39H42FN5OS/c1-37(2,3)47-44-39(21-27-7-5-4-6-8-27)16-15-38(24-39)17-18-45(25-38)36-35(23-42-26-43-36)46-34-14-12-30(40)20-33(34)31-13-9-28(22-41)19-32(31)29-10-11-29/h4-9,12-14,19-20,23,26,29,44H,10-11,15-18,21,24-25H2,1-3H3. The first-order chi connectivity index (χ1) is 22.6. The van der Waals surface area contributed by atoms with Gasteiger partial charge in [-0.05, 0) is 124 Å². The fourth-order valence-electron chi connectivity index (χ4n) is 7.54. The van der Waals surface area contributed by atoms with E-state index in [0.717, 1.165) is 75.0 Å². The molecule has 2 unspecified atom stereocenters. The smallest absolute Gasteiger partial charge is 0.188 e. The van der Waals surface area contributed by atoms with Gasteiger partial charge in [-0.1, -0.05) is 48.3 Å². The van der Waals surface area contributed by atoms with Crippen molar-refractivity contribution in [2.45, 2.75) is 81.9 Å². The summed E-state index contributed by atoms with van der Waals surface area (Å²) in [6, 6.07) is 23.4. The molecular formula is C39H42FN5OS. The van der Waals surface area contributed by atoms with Crippen molar-refractivity contribution in [3.05, 3.63) is 102 Å². The van der Waals surface area contributed by atoms with E-state index in [2.05, 4.69) is 71.8 Å². The van der Waals surface area contributed by atoms with Gasteiger partial charge in [-0.2, -0.15) is 5.26 Å². The Morgan fingerprint density at radius 2 is 1.85 bits per heavy atom. The summed E-state index contributed by atoms with van der Waals surface area (Å²) < 4.78 is 25.4. The van der Waals surface area contributed by atoms with Crippen LogP contribution >= 0.6 is 11.9 Å². The Balaban J connectivity index is 1.15. The van der Waals surface area contributed by atoms with E-state index in [1.807, 2.05) is 24.1 Å². The SMILES string of the molecule is CC(C)(C)SNC1(Cc2ccccc2)CCC2(CCN(c3ncncc3Oc3ccc(F)cc3-c3ccc(C#N)cc3C3CC3)C2)C1. The average Bonchev–Trinajstić information content (AvgIpc) is 3.75. The molecule has 3 fully saturated rings. The van der Waals surface area contributed by atoms with Crippen molar-refractivity contribution in [3.63, 3.8) is 0 Å². The molecule has 0 bridgehead atoms. The molecule has 3 aliphatic rings. The molecular weight excluding hydrogens is 606 g/mol. The normalized spacial score (nSPS) is 22.5. The molecule has 242 valence electrons. The molecule has 0 radical (unpaired) electrons. The lowest BCUT2D eigenvalue weighted by atomic mass is 9.81. The number of rotatable bonds is 9. The minimum atomic E-state index is -0.331. The fourth-order valence-corrected chi connectivity index (χ4v) is 8.30. The van der Waals surface area contributed by atoms with Crippen LogP contribution in [0.2, 0.25) is 0 Å². The molecule has 0 amide bonds. The lowest BCUT2D eigenvalue weighted by molar-refractivity contribution is 0.295. The predicted octanol–water partition coefficient (Wildman–Crippen LogP) is 9.22. The zero-order chi connectivity index (χ0) is 32.6. The van der Waals surface area contributed by atoms with Crippen molar-refractivity contribution in [1.82, 2.24) is 14.7 Å². The number of anilines is 1. The summed E-state index contributed by atoms with van der Waals surface area (Å²) in [4.78, 5) is 11.4. The Bertz CT molecular complexity index is 1800. The van der Waals surface area contributed by atoms with Crippen LogP contribution in [-0.2, 0) is 6.42 Å². The van der Waals surface area contributed by atoms with E-state index in [1.54, 1.807) is 24.7 Å². The number of benzene rings is 3. The maximum atomic E-state index is 14.7. The topological polar surface area (TPSA) is 74.1 Å². The van der Waals surface area contributed by atoms with E-state index < -0.39 is 0 Å². The molecule has 8 heteroatoms. The third kappa shape index (κ3) is 7.02. The molecule has 7 rings (SSSR count). The summed E-state index contributed by atoms with van der Waals surface area (Å²) >= 11 is 1.85. The first-order valence-corrected chi connectivity index (χ1v) is 17.5. The molecule has 4 aromatic rings. The Morgan fingerprint density at radius 1 is 1.02 bits per heavy atom. The third-order valence-corrected chi connectivity index (χ3v) is 11.0. The quantitative estimate of drug-likeness (QED) is 0.182. The molecule has 1 spiro atoms. The van der Waals surface area contributed by atoms with Gasteiger partial charge in [-0.25, -0.2) is 14.4 Å². The number of hydrogen-bond donors (Lipinski definition) is 1. The van der Waals surface area contributed by atoms with Crippen LogP contribution in [-0.4, -0.2) is 33.3 Å². The highest BCUT2D eigenvalue weighted by atomic mass is 32.2. The second kappa shape index (κ2) is 12.6. The van der Waals surface area contributed by atoms with Gasteiger partial charge in [-0.3, -0.25) is 4.72 Å². The highest BCUT2D eigenvalue weighted by Crippen LogP contribution is 2.53. The van der Waals surface area contributed by atoms with Gasteiger partial charge in [0.2, 0.25) is 0 Å². The van der Waals surface area contributed by atoms with Crippen molar-refractivity contribution in [2.75, 3.05) is 18.0 Å². The highest BCUT2D eigenvalue weighted by Gasteiger charge is 2.51. The van der Waals surface area contributed by atoms with Crippen LogP contribution in [0.15, 0.2) is 79.3 Å². The highest BCUT2D eigenvalue weighted by molar-refractivity contribution is 7.98. The average molecular weight is 648 g/mol. The van der Waals surface area contributed by atoms with E-state index in [9.17, 15) is 9.65 Å². The van der Waals surface area contributed by atoms with Gasteiger partial charge in [0, 0.05) is 28.9 Å². The van der Waals surface area contributed by atoms with Crippen LogP contribution in [0.25, 0.3) is 11.1 Å². The van der Waals surface area contributed by atoms with Gasteiger partial charge in [0.1, 0.15) is 17.9 Å². The second-order valence-electron chi connectivity index (χ2n) is 14.7. The van der Waals surface area contributed by atoms with Crippen LogP contribution in [0.4, 0.5) is 10.2 Å². The van der Waals surface area contributed by atoms with Crippen molar-refractivity contribution < 1.29 is 9.13 Å². The Morgan fingerprint density at radius 3 is 2.62 bits per heavy atom. The number of nitriles is 1. The Labute approximate surface area is 281 Å². The van der Waals surface area contributed by atoms with Gasteiger partial charge in [0.15, 0.2) is 11.6 Å². The van der Waals surface area contributed by atoms with Gasteiger partial charge in [0.25, 0.3) is 0 Å². The molecule has 2 saturated carbocycles. The largest absolute Gasteiger partial charge is 0.451 e. The number of halogens is 1. The van der Waals surface area contributed by atoms with E-state index in [4.69, 9.17) is 9.72 Å². The maximum Gasteiger partial charge on any atom is 0.188 e. The summed E-state index contributed by atoms with van der Waals surface area (Å²) in [5.74, 6) is 1.93. The van der Waals surface area contributed by atoms with E-state index in [0.29, 0.717) is 28.5 Å². The number of nitrogens with one attached hydrogen (secondary N) is 1. The fraction of sp³-hybridized carbons (Fsp3) is 0.410. The molecule has 1 N–H and O–H groups in total. The maximum absolute atomic E-state index is 14.7. The van der Waals surface area contributed by atoms with Gasteiger partial charge in [0.05, 0.1) is 17.8 Å². The number of ether oxygens (including phenoxy) is 1. The van der Waals surface area contributed by atoms with E-state index in [-0.39, 0.29) is 21.5 Å². The molecule has 1 aliphatic heterocycles. The Kier molecular flexibility index (Phi) is 8.48. The van der Waals surface area contributed by atoms with Crippen LogP contribution in [0, 0.1) is 22.6 Å². The predicted molar refractivity (Wildman–Crippen MR) is 187 cm³/mol. The molecule has 1 saturated heterocycles. The first kappa shape index (κ1) is 31.7. The molecule has 1 aromatic heterocycles. The zero-order valence-electron chi connectivity index (χ0n) is 27.4. The molecule has 47 heavy (non-hydrogen) atoms. The van der Waals surface area contributed by atoms with Gasteiger partial charge < -0.3 is 9.64 Å².